The SMILES string of the molecule is COc1ccccc1-n1cc(S(=O)(=O)NC(C)(CN)CC(C)C)cn1.Cl. The lowest BCUT2D eigenvalue weighted by atomic mass is 9.92. The standard InChI is InChI=1S/C17H26N4O3S.ClH/c1-13(2)9-17(3,12-18)20-25(22,23)14-10-19-21(11-14)15-7-5-6-8-16(15)24-4;/h5-8,10-11,13,20H,9,12,18H2,1-4H3;1H. The summed E-state index contributed by atoms with van der Waals surface area (Å²) in [4.78, 5) is 0.0850. The molecule has 0 saturated heterocycles. The molecule has 0 aliphatic carbocycles. The van der Waals surface area contributed by atoms with Crippen molar-refractivity contribution in [3.63, 3.8) is 0 Å². The number of hydrogen-bond donors (Lipinski definition) is 2. The molecule has 0 aliphatic heterocycles. The number of sulfonamides is 1. The maximum Gasteiger partial charge on any atom is 0.244 e. The first kappa shape index (κ1) is 22.4. The van der Waals surface area contributed by atoms with Crippen LogP contribution in [0.2, 0.25) is 0 Å². The van der Waals surface area contributed by atoms with Gasteiger partial charge in [0, 0.05) is 12.1 Å². The molecule has 9 heteroatoms. The van der Waals surface area contributed by atoms with Crippen LogP contribution in [0.1, 0.15) is 27.2 Å². The summed E-state index contributed by atoms with van der Waals surface area (Å²) >= 11 is 0. The molecule has 2 rings (SSSR count). The number of hydrogen-bond acceptors (Lipinski definition) is 5. The van der Waals surface area contributed by atoms with Gasteiger partial charge in [-0.15, -0.1) is 12.4 Å². The van der Waals surface area contributed by atoms with Gasteiger partial charge in [0.05, 0.1) is 19.5 Å². The first-order valence-corrected chi connectivity index (χ1v) is 9.61. The number of ether oxygens (including phenoxy) is 1. The smallest absolute Gasteiger partial charge is 0.244 e. The van der Waals surface area contributed by atoms with E-state index >= 15 is 0 Å². The molecule has 1 unspecified atom stereocenters. The Hall–Kier alpha value is -1.61. The molecule has 7 nitrogen and oxygen atoms in total. The molecule has 2 aromatic rings. The van der Waals surface area contributed by atoms with Crippen LogP contribution >= 0.6 is 12.4 Å². The molecule has 0 fully saturated rings. The normalized spacial score (nSPS) is 13.9. The van der Waals surface area contributed by atoms with Crippen molar-refractivity contribution in [2.45, 2.75) is 37.6 Å². The lowest BCUT2D eigenvalue weighted by Crippen LogP contribution is -2.51. The Kier molecular flexibility index (Phi) is 7.64. The minimum Gasteiger partial charge on any atom is -0.494 e. The molecule has 1 aromatic carbocycles. The zero-order valence-electron chi connectivity index (χ0n) is 15.5. The maximum atomic E-state index is 12.7. The van der Waals surface area contributed by atoms with Gasteiger partial charge in [-0.05, 0) is 31.4 Å². The Labute approximate surface area is 161 Å². The van der Waals surface area contributed by atoms with Gasteiger partial charge >= 0.3 is 0 Å². The van der Waals surface area contributed by atoms with Gasteiger partial charge in [-0.1, -0.05) is 26.0 Å². The van der Waals surface area contributed by atoms with Crippen LogP contribution in [0.15, 0.2) is 41.6 Å². The monoisotopic (exact) mass is 402 g/mol. The molecule has 1 atom stereocenters. The molecule has 26 heavy (non-hydrogen) atoms. The van der Waals surface area contributed by atoms with E-state index in [1.807, 2.05) is 32.9 Å². The van der Waals surface area contributed by atoms with Crippen molar-refractivity contribution >= 4 is 22.4 Å². The van der Waals surface area contributed by atoms with Crippen molar-refractivity contribution in [2.24, 2.45) is 11.7 Å². The largest absolute Gasteiger partial charge is 0.494 e. The van der Waals surface area contributed by atoms with Gasteiger partial charge in [0.25, 0.3) is 0 Å². The Morgan fingerprint density at radius 1 is 1.35 bits per heavy atom. The maximum absolute atomic E-state index is 12.7. The number of methoxy groups -OCH3 is 1. The first-order chi connectivity index (χ1) is 11.7. The van der Waals surface area contributed by atoms with Crippen molar-refractivity contribution in [3.8, 4) is 11.4 Å². The van der Waals surface area contributed by atoms with Gasteiger partial charge in [-0.3, -0.25) is 0 Å². The predicted molar refractivity (Wildman–Crippen MR) is 105 cm³/mol. The van der Waals surface area contributed by atoms with E-state index in [-0.39, 0.29) is 23.8 Å². The number of nitrogens with one attached hydrogen (secondary N) is 1. The van der Waals surface area contributed by atoms with E-state index in [1.54, 1.807) is 19.2 Å². The average molecular weight is 403 g/mol. The molecule has 1 aromatic heterocycles. The molecule has 0 radical (unpaired) electrons. The van der Waals surface area contributed by atoms with Crippen molar-refractivity contribution < 1.29 is 13.2 Å². The fraction of sp³-hybridized carbons (Fsp3) is 0.471. The number of rotatable bonds is 8. The van der Waals surface area contributed by atoms with Crippen LogP contribution < -0.4 is 15.2 Å². The highest BCUT2D eigenvalue weighted by atomic mass is 35.5. The van der Waals surface area contributed by atoms with Gasteiger partial charge in [0.1, 0.15) is 16.3 Å². The summed E-state index contributed by atoms with van der Waals surface area (Å²) in [5.74, 6) is 0.918. The molecule has 146 valence electrons. The molecule has 0 saturated carbocycles. The van der Waals surface area contributed by atoms with E-state index in [2.05, 4.69) is 9.82 Å². The number of benzene rings is 1. The number of halogens is 1. The van der Waals surface area contributed by atoms with Crippen LogP contribution in [0, 0.1) is 5.92 Å². The van der Waals surface area contributed by atoms with Crippen LogP contribution in [0.3, 0.4) is 0 Å². The van der Waals surface area contributed by atoms with Crippen LogP contribution in [0.25, 0.3) is 5.69 Å². The highest BCUT2D eigenvalue weighted by Gasteiger charge is 2.31. The highest BCUT2D eigenvalue weighted by molar-refractivity contribution is 7.89. The second-order valence-electron chi connectivity index (χ2n) is 6.76. The fourth-order valence-electron chi connectivity index (χ4n) is 2.85. The highest BCUT2D eigenvalue weighted by Crippen LogP contribution is 2.24. The van der Waals surface area contributed by atoms with E-state index in [4.69, 9.17) is 10.5 Å². The second-order valence-corrected chi connectivity index (χ2v) is 8.44. The minimum atomic E-state index is -3.74. The molecular weight excluding hydrogens is 376 g/mol. The van der Waals surface area contributed by atoms with Gasteiger partial charge in [0.2, 0.25) is 10.0 Å². The summed E-state index contributed by atoms with van der Waals surface area (Å²) in [6.07, 6.45) is 3.43. The average Bonchev–Trinajstić information content (AvgIpc) is 3.04. The van der Waals surface area contributed by atoms with Gasteiger partial charge in [0.15, 0.2) is 0 Å². The summed E-state index contributed by atoms with van der Waals surface area (Å²) in [5, 5.41) is 4.16. The van der Waals surface area contributed by atoms with Crippen molar-refractivity contribution in [2.75, 3.05) is 13.7 Å². The van der Waals surface area contributed by atoms with E-state index in [9.17, 15) is 8.42 Å². The van der Waals surface area contributed by atoms with Gasteiger partial charge in [-0.2, -0.15) is 5.10 Å². The topological polar surface area (TPSA) is 99.2 Å². The van der Waals surface area contributed by atoms with Gasteiger partial charge < -0.3 is 10.5 Å². The summed E-state index contributed by atoms with van der Waals surface area (Å²) in [5.41, 5.74) is 5.76. The Balaban J connectivity index is 0.00000338. The second kappa shape index (κ2) is 8.85. The van der Waals surface area contributed by atoms with Crippen LogP contribution in [-0.2, 0) is 10.0 Å². The van der Waals surface area contributed by atoms with E-state index < -0.39 is 15.6 Å². The summed E-state index contributed by atoms with van der Waals surface area (Å²) in [7, 11) is -2.18. The van der Waals surface area contributed by atoms with Crippen molar-refractivity contribution in [3.05, 3.63) is 36.7 Å². The number of nitrogens with zero attached hydrogens (tertiary/aromatic N) is 2. The Bertz CT molecular complexity index is 823. The Morgan fingerprint density at radius 3 is 2.58 bits per heavy atom. The lowest BCUT2D eigenvalue weighted by Gasteiger charge is -2.30. The predicted octanol–water partition coefficient (Wildman–Crippen LogP) is 2.34. The number of aromatic nitrogens is 2. The van der Waals surface area contributed by atoms with E-state index in [1.165, 1.54) is 17.1 Å². The third-order valence-electron chi connectivity index (χ3n) is 3.89. The molecule has 3 N–H and O–H groups in total. The quantitative estimate of drug-likeness (QED) is 0.706. The van der Waals surface area contributed by atoms with Crippen molar-refractivity contribution in [1.29, 1.82) is 0 Å². The number of nitrogens with two attached hydrogens (primary N) is 1. The summed E-state index contributed by atoms with van der Waals surface area (Å²) < 4.78 is 35.0. The molecule has 0 spiro atoms. The van der Waals surface area contributed by atoms with E-state index in [0.29, 0.717) is 23.8 Å². The summed E-state index contributed by atoms with van der Waals surface area (Å²) in [6, 6.07) is 7.26. The fourth-order valence-corrected chi connectivity index (χ4v) is 4.20. The molecule has 1 heterocycles. The Morgan fingerprint density at radius 2 is 2.00 bits per heavy atom. The first-order valence-electron chi connectivity index (χ1n) is 8.13. The summed E-state index contributed by atoms with van der Waals surface area (Å²) in [6.45, 7) is 6.09. The zero-order valence-corrected chi connectivity index (χ0v) is 17.1. The molecule has 0 aliphatic rings. The molecule has 0 amide bonds. The van der Waals surface area contributed by atoms with Gasteiger partial charge in [-0.25, -0.2) is 17.8 Å². The van der Waals surface area contributed by atoms with Crippen LogP contribution in [0.5, 0.6) is 5.75 Å². The zero-order chi connectivity index (χ0) is 18.7. The minimum absolute atomic E-state index is 0. The van der Waals surface area contributed by atoms with Crippen molar-refractivity contribution in [1.82, 2.24) is 14.5 Å². The number of para-hydroxylation sites is 2. The third-order valence-corrected chi connectivity index (χ3v) is 5.48. The van der Waals surface area contributed by atoms with Crippen LogP contribution in [-0.4, -0.2) is 37.4 Å². The molecular formula is C17H27ClN4O3S. The third kappa shape index (κ3) is 5.20. The molecule has 0 bridgehead atoms. The lowest BCUT2D eigenvalue weighted by molar-refractivity contribution is 0.344. The van der Waals surface area contributed by atoms with Crippen LogP contribution in [0.4, 0.5) is 0 Å². The van der Waals surface area contributed by atoms with E-state index in [0.717, 1.165) is 0 Å².